The predicted molar refractivity (Wildman–Crippen MR) is 129 cm³/mol. The summed E-state index contributed by atoms with van der Waals surface area (Å²) in [4.78, 5) is 9.13. The van der Waals surface area contributed by atoms with Gasteiger partial charge in [-0.1, -0.05) is 6.07 Å². The number of hydrogen-bond donors (Lipinski definition) is 1. The molecule has 1 aromatic carbocycles. The average Bonchev–Trinajstić information content (AvgIpc) is 3.18. The van der Waals surface area contributed by atoms with Crippen LogP contribution in [-0.4, -0.2) is 90.0 Å². The third-order valence-corrected chi connectivity index (χ3v) is 5.33. The second kappa shape index (κ2) is 13.9. The second-order valence-corrected chi connectivity index (χ2v) is 7.11. The topological polar surface area (TPSA) is 58.6 Å². The van der Waals surface area contributed by atoms with Crippen LogP contribution in [-0.2, 0) is 11.2 Å². The Hall–Kier alpha value is -1.26. The summed E-state index contributed by atoms with van der Waals surface area (Å²) in [5.41, 5.74) is 1.21. The normalized spacial score (nSPS) is 17.0. The molecule has 29 heavy (non-hydrogen) atoms. The van der Waals surface area contributed by atoms with Crippen molar-refractivity contribution >= 4 is 29.9 Å². The monoisotopic (exact) mass is 520 g/mol. The van der Waals surface area contributed by atoms with E-state index in [0.29, 0.717) is 6.04 Å². The van der Waals surface area contributed by atoms with Gasteiger partial charge in [0.2, 0.25) is 0 Å². The maximum atomic E-state index is 5.40. The van der Waals surface area contributed by atoms with Crippen molar-refractivity contribution in [2.24, 2.45) is 4.99 Å². The lowest BCUT2D eigenvalue weighted by Gasteiger charge is -2.27. The molecule has 7 nitrogen and oxygen atoms in total. The summed E-state index contributed by atoms with van der Waals surface area (Å²) in [7, 11) is 9.00. The van der Waals surface area contributed by atoms with Gasteiger partial charge in [-0.15, -0.1) is 24.0 Å². The van der Waals surface area contributed by atoms with Gasteiger partial charge in [-0.05, 0) is 43.5 Å². The van der Waals surface area contributed by atoms with Crippen LogP contribution in [0.3, 0.4) is 0 Å². The van der Waals surface area contributed by atoms with Crippen molar-refractivity contribution in [2.75, 3.05) is 68.2 Å². The molecule has 1 aliphatic rings. The standard InChI is InChI=1S/C21H36N4O3.HI/c1-22-21(23-16-18-7-6-11-25(18)13-14-26-3)24(2)12-10-17-8-9-19(27-4)20(15-17)28-5;/h8-9,15,18H,6-7,10-14,16H2,1-5H3,(H,22,23);1H. The van der Waals surface area contributed by atoms with Crippen LogP contribution in [0.4, 0.5) is 0 Å². The maximum absolute atomic E-state index is 5.40. The van der Waals surface area contributed by atoms with Gasteiger partial charge in [0, 0.05) is 46.9 Å². The van der Waals surface area contributed by atoms with Crippen LogP contribution in [0.15, 0.2) is 23.2 Å². The molecule has 1 atom stereocenters. The Labute approximate surface area is 192 Å². The third kappa shape index (κ3) is 7.82. The van der Waals surface area contributed by atoms with E-state index >= 15 is 0 Å². The Kier molecular flexibility index (Phi) is 12.3. The van der Waals surface area contributed by atoms with Crippen LogP contribution in [0.5, 0.6) is 11.5 Å². The van der Waals surface area contributed by atoms with Crippen molar-refractivity contribution in [2.45, 2.75) is 25.3 Å². The van der Waals surface area contributed by atoms with Crippen LogP contribution in [0, 0.1) is 0 Å². The SMILES string of the molecule is CN=C(NCC1CCCN1CCOC)N(C)CCc1ccc(OC)c(OC)c1.I. The van der Waals surface area contributed by atoms with E-state index in [4.69, 9.17) is 14.2 Å². The zero-order valence-corrected chi connectivity index (χ0v) is 20.8. The molecule has 2 rings (SSSR count). The molecule has 0 bridgehead atoms. The minimum atomic E-state index is 0. The largest absolute Gasteiger partial charge is 0.493 e. The van der Waals surface area contributed by atoms with E-state index in [-0.39, 0.29) is 24.0 Å². The number of hydrogen-bond acceptors (Lipinski definition) is 5. The van der Waals surface area contributed by atoms with E-state index in [2.05, 4.69) is 33.2 Å². The van der Waals surface area contributed by atoms with Gasteiger partial charge >= 0.3 is 0 Å². The molecule has 0 aromatic heterocycles. The molecule has 0 spiro atoms. The molecule has 166 valence electrons. The highest BCUT2D eigenvalue weighted by atomic mass is 127. The number of guanidine groups is 1. The molecule has 1 unspecified atom stereocenters. The summed E-state index contributed by atoms with van der Waals surface area (Å²) in [6.07, 6.45) is 3.38. The van der Waals surface area contributed by atoms with Crippen molar-refractivity contribution in [1.82, 2.24) is 15.1 Å². The Morgan fingerprint density at radius 3 is 2.66 bits per heavy atom. The molecule has 8 heteroatoms. The van der Waals surface area contributed by atoms with Gasteiger partial charge in [0.25, 0.3) is 0 Å². The van der Waals surface area contributed by atoms with Gasteiger partial charge in [0.1, 0.15) is 0 Å². The Balaban J connectivity index is 0.00000420. The summed E-state index contributed by atoms with van der Waals surface area (Å²) in [6.45, 7) is 4.72. The lowest BCUT2D eigenvalue weighted by molar-refractivity contribution is 0.141. The first-order valence-corrected chi connectivity index (χ1v) is 9.98. The minimum Gasteiger partial charge on any atom is -0.493 e. The molecular formula is C21H37IN4O3. The molecule has 1 aromatic rings. The molecule has 0 radical (unpaired) electrons. The summed E-state index contributed by atoms with van der Waals surface area (Å²) in [5, 5.41) is 3.54. The lowest BCUT2D eigenvalue weighted by atomic mass is 10.1. The van der Waals surface area contributed by atoms with Gasteiger partial charge in [-0.2, -0.15) is 0 Å². The number of ether oxygens (including phenoxy) is 3. The van der Waals surface area contributed by atoms with E-state index < -0.39 is 0 Å². The zero-order valence-electron chi connectivity index (χ0n) is 18.4. The van der Waals surface area contributed by atoms with Crippen LogP contribution in [0.25, 0.3) is 0 Å². The number of likely N-dealkylation sites (N-methyl/N-ethyl adjacent to an activating group) is 1. The highest BCUT2D eigenvalue weighted by Crippen LogP contribution is 2.27. The van der Waals surface area contributed by atoms with Crippen LogP contribution >= 0.6 is 24.0 Å². The molecule has 0 aliphatic carbocycles. The van der Waals surface area contributed by atoms with Crippen LogP contribution in [0.1, 0.15) is 18.4 Å². The maximum Gasteiger partial charge on any atom is 0.193 e. The lowest BCUT2D eigenvalue weighted by Crippen LogP contribution is -2.46. The van der Waals surface area contributed by atoms with Crippen molar-refractivity contribution in [3.8, 4) is 11.5 Å². The van der Waals surface area contributed by atoms with E-state index in [0.717, 1.165) is 56.7 Å². The van der Waals surface area contributed by atoms with Gasteiger partial charge in [0.15, 0.2) is 17.5 Å². The first-order chi connectivity index (χ1) is 13.6. The van der Waals surface area contributed by atoms with Crippen molar-refractivity contribution in [1.29, 1.82) is 0 Å². The van der Waals surface area contributed by atoms with Gasteiger partial charge in [0.05, 0.1) is 20.8 Å². The van der Waals surface area contributed by atoms with E-state index in [1.807, 2.05) is 19.2 Å². The first-order valence-electron chi connectivity index (χ1n) is 9.98. The molecular weight excluding hydrogens is 483 g/mol. The number of nitrogens with one attached hydrogen (secondary N) is 1. The molecule has 1 heterocycles. The number of aliphatic imine (C=N–C) groups is 1. The first kappa shape index (κ1) is 25.8. The fourth-order valence-corrected chi connectivity index (χ4v) is 3.66. The van der Waals surface area contributed by atoms with E-state index in [9.17, 15) is 0 Å². The number of likely N-dealkylation sites (tertiary alicyclic amines) is 1. The predicted octanol–water partition coefficient (Wildman–Crippen LogP) is 2.48. The van der Waals surface area contributed by atoms with E-state index in [1.54, 1.807) is 21.3 Å². The smallest absolute Gasteiger partial charge is 0.193 e. The average molecular weight is 520 g/mol. The second-order valence-electron chi connectivity index (χ2n) is 7.11. The Bertz CT molecular complexity index is 630. The van der Waals surface area contributed by atoms with Crippen molar-refractivity contribution < 1.29 is 14.2 Å². The Morgan fingerprint density at radius 2 is 2.00 bits per heavy atom. The summed E-state index contributed by atoms with van der Waals surface area (Å²) in [5.74, 6) is 2.45. The molecule has 1 N–H and O–H groups in total. The highest BCUT2D eigenvalue weighted by molar-refractivity contribution is 14.0. The molecule has 1 fully saturated rings. The molecule has 1 saturated heterocycles. The number of nitrogens with zero attached hydrogens (tertiary/aromatic N) is 3. The van der Waals surface area contributed by atoms with E-state index in [1.165, 1.54) is 18.4 Å². The van der Waals surface area contributed by atoms with Gasteiger partial charge in [-0.25, -0.2) is 0 Å². The van der Waals surface area contributed by atoms with Crippen molar-refractivity contribution in [3.05, 3.63) is 23.8 Å². The highest BCUT2D eigenvalue weighted by Gasteiger charge is 2.24. The quantitative estimate of drug-likeness (QED) is 0.291. The summed E-state index contributed by atoms with van der Waals surface area (Å²) < 4.78 is 15.9. The number of methoxy groups -OCH3 is 3. The number of halogens is 1. The molecule has 0 saturated carbocycles. The molecule has 0 amide bonds. The number of benzene rings is 1. The summed E-state index contributed by atoms with van der Waals surface area (Å²) >= 11 is 0. The van der Waals surface area contributed by atoms with Crippen molar-refractivity contribution in [3.63, 3.8) is 0 Å². The Morgan fingerprint density at radius 1 is 1.24 bits per heavy atom. The molecule has 1 aliphatic heterocycles. The van der Waals surface area contributed by atoms with Gasteiger partial charge in [-0.3, -0.25) is 9.89 Å². The third-order valence-electron chi connectivity index (χ3n) is 5.33. The van der Waals surface area contributed by atoms with Crippen LogP contribution in [0.2, 0.25) is 0 Å². The fraction of sp³-hybridized carbons (Fsp3) is 0.667. The summed E-state index contributed by atoms with van der Waals surface area (Å²) in [6, 6.07) is 6.62. The fourth-order valence-electron chi connectivity index (χ4n) is 3.66. The zero-order chi connectivity index (χ0) is 20.4. The van der Waals surface area contributed by atoms with Gasteiger partial charge < -0.3 is 24.4 Å². The minimum absolute atomic E-state index is 0. The van der Waals surface area contributed by atoms with Crippen LogP contribution < -0.4 is 14.8 Å². The number of rotatable bonds is 10.